The van der Waals surface area contributed by atoms with Gasteiger partial charge in [-0.25, -0.2) is 4.98 Å². The van der Waals surface area contributed by atoms with Crippen LogP contribution in [0.5, 0.6) is 0 Å². The number of hydrogen-bond acceptors (Lipinski definition) is 4. The number of aromatic nitrogens is 1. The molecule has 0 fully saturated rings. The summed E-state index contributed by atoms with van der Waals surface area (Å²) in [6.07, 6.45) is 0.266. The van der Waals surface area contributed by atoms with Crippen LogP contribution in [0, 0.1) is 13.8 Å². The zero-order valence-electron chi connectivity index (χ0n) is 9.05. The highest BCUT2D eigenvalue weighted by Gasteiger charge is 2.22. The van der Waals surface area contributed by atoms with Gasteiger partial charge in [-0.3, -0.25) is 4.79 Å². The third kappa shape index (κ3) is 2.67. The molecule has 0 spiro atoms. The molecule has 0 aliphatic heterocycles. The van der Waals surface area contributed by atoms with Crippen LogP contribution in [0.15, 0.2) is 4.42 Å². The van der Waals surface area contributed by atoms with Crippen molar-refractivity contribution in [1.29, 1.82) is 0 Å². The van der Waals surface area contributed by atoms with E-state index in [9.17, 15) is 4.79 Å². The van der Waals surface area contributed by atoms with Gasteiger partial charge in [-0.1, -0.05) is 0 Å². The number of Topliss-reactive ketones (excluding diaryl/α,β-unsaturated/α-hetero) is 1. The van der Waals surface area contributed by atoms with Crippen LogP contribution in [-0.2, 0) is 0 Å². The fourth-order valence-electron chi connectivity index (χ4n) is 1.28. The number of carbonyl (C=O) groups excluding carboxylic acids is 1. The molecular formula is C10H16N2O2. The van der Waals surface area contributed by atoms with Crippen LogP contribution in [0.3, 0.4) is 0 Å². The van der Waals surface area contributed by atoms with Crippen molar-refractivity contribution in [3.8, 4) is 0 Å². The molecule has 1 aromatic rings. The van der Waals surface area contributed by atoms with Crippen LogP contribution < -0.4 is 5.73 Å². The third-order valence-corrected chi connectivity index (χ3v) is 1.77. The van der Waals surface area contributed by atoms with Gasteiger partial charge in [0.2, 0.25) is 5.78 Å². The lowest BCUT2D eigenvalue weighted by Gasteiger charge is -2.15. The molecule has 0 saturated carbocycles. The van der Waals surface area contributed by atoms with E-state index in [-0.39, 0.29) is 12.2 Å². The Bertz CT molecular complexity index is 347. The van der Waals surface area contributed by atoms with E-state index in [2.05, 4.69) is 4.98 Å². The zero-order valence-corrected chi connectivity index (χ0v) is 9.05. The average molecular weight is 196 g/mol. The van der Waals surface area contributed by atoms with Crippen molar-refractivity contribution in [2.24, 2.45) is 5.73 Å². The summed E-state index contributed by atoms with van der Waals surface area (Å²) < 4.78 is 5.21. The van der Waals surface area contributed by atoms with Crippen LogP contribution in [0.25, 0.3) is 0 Å². The van der Waals surface area contributed by atoms with Crippen molar-refractivity contribution in [3.05, 3.63) is 17.3 Å². The lowest BCUT2D eigenvalue weighted by molar-refractivity contribution is 0.0931. The monoisotopic (exact) mass is 196 g/mol. The minimum Gasteiger partial charge on any atom is -0.438 e. The van der Waals surface area contributed by atoms with E-state index < -0.39 is 5.54 Å². The Morgan fingerprint density at radius 1 is 1.50 bits per heavy atom. The molecule has 0 saturated heterocycles. The first-order valence-electron chi connectivity index (χ1n) is 4.56. The van der Waals surface area contributed by atoms with Crippen molar-refractivity contribution in [2.75, 3.05) is 0 Å². The predicted octanol–water partition coefficient (Wildman–Crippen LogP) is 1.60. The fraction of sp³-hybridized carbons (Fsp3) is 0.600. The number of rotatable bonds is 3. The normalized spacial score (nSPS) is 11.8. The largest absolute Gasteiger partial charge is 0.438 e. The van der Waals surface area contributed by atoms with Crippen LogP contribution >= 0.6 is 0 Å². The maximum Gasteiger partial charge on any atom is 0.201 e. The summed E-state index contributed by atoms with van der Waals surface area (Å²) in [7, 11) is 0. The molecule has 4 heteroatoms. The van der Waals surface area contributed by atoms with E-state index >= 15 is 0 Å². The molecule has 1 rings (SSSR count). The van der Waals surface area contributed by atoms with Gasteiger partial charge in [0.1, 0.15) is 0 Å². The molecule has 0 bridgehead atoms. The molecule has 78 valence electrons. The molecule has 0 unspecified atom stereocenters. The van der Waals surface area contributed by atoms with E-state index in [4.69, 9.17) is 10.2 Å². The van der Waals surface area contributed by atoms with E-state index in [1.54, 1.807) is 13.8 Å². The molecule has 1 aromatic heterocycles. The zero-order chi connectivity index (χ0) is 10.9. The summed E-state index contributed by atoms with van der Waals surface area (Å²) in [6, 6.07) is 0. The van der Waals surface area contributed by atoms with Gasteiger partial charge >= 0.3 is 0 Å². The molecular weight excluding hydrogens is 180 g/mol. The standard InChI is InChI=1S/C10H16N2O2/c1-6-9(14-7(2)12-6)8(13)5-10(3,4)11/h5,11H2,1-4H3. The maximum absolute atomic E-state index is 11.7. The van der Waals surface area contributed by atoms with E-state index in [0.29, 0.717) is 17.3 Å². The highest BCUT2D eigenvalue weighted by molar-refractivity contribution is 5.95. The van der Waals surface area contributed by atoms with Gasteiger partial charge in [0.05, 0.1) is 5.69 Å². The fourth-order valence-corrected chi connectivity index (χ4v) is 1.28. The van der Waals surface area contributed by atoms with Gasteiger partial charge in [-0.2, -0.15) is 0 Å². The number of hydrogen-bond donors (Lipinski definition) is 1. The first-order valence-corrected chi connectivity index (χ1v) is 4.56. The molecule has 2 N–H and O–H groups in total. The van der Waals surface area contributed by atoms with Gasteiger partial charge in [0, 0.05) is 18.9 Å². The third-order valence-electron chi connectivity index (χ3n) is 1.77. The maximum atomic E-state index is 11.7. The van der Waals surface area contributed by atoms with Crippen LogP contribution in [0.1, 0.15) is 42.4 Å². The SMILES string of the molecule is Cc1nc(C)c(C(=O)CC(C)(C)N)o1. The topological polar surface area (TPSA) is 69.1 Å². The van der Waals surface area contributed by atoms with Gasteiger partial charge in [-0.15, -0.1) is 0 Å². The van der Waals surface area contributed by atoms with Crippen molar-refractivity contribution in [2.45, 2.75) is 39.7 Å². The number of ketones is 1. The average Bonchev–Trinajstić information content (AvgIpc) is 2.26. The Morgan fingerprint density at radius 3 is 2.43 bits per heavy atom. The lowest BCUT2D eigenvalue weighted by Crippen LogP contribution is -2.34. The number of carbonyl (C=O) groups is 1. The van der Waals surface area contributed by atoms with Crippen molar-refractivity contribution < 1.29 is 9.21 Å². The summed E-state index contributed by atoms with van der Waals surface area (Å²) in [4.78, 5) is 15.7. The Kier molecular flexibility index (Phi) is 2.76. The number of oxazole rings is 1. The Balaban J connectivity index is 2.85. The molecule has 0 aliphatic carbocycles. The second-order valence-electron chi connectivity index (χ2n) is 4.24. The summed E-state index contributed by atoms with van der Waals surface area (Å²) in [5, 5.41) is 0. The van der Waals surface area contributed by atoms with Gasteiger partial charge in [0.15, 0.2) is 11.7 Å². The minimum absolute atomic E-state index is 0.0874. The first-order chi connectivity index (χ1) is 6.29. The molecule has 14 heavy (non-hydrogen) atoms. The Morgan fingerprint density at radius 2 is 2.07 bits per heavy atom. The van der Waals surface area contributed by atoms with Gasteiger partial charge in [0.25, 0.3) is 0 Å². The van der Waals surface area contributed by atoms with E-state index in [0.717, 1.165) is 0 Å². The quantitative estimate of drug-likeness (QED) is 0.745. The minimum atomic E-state index is -0.510. The molecule has 1 heterocycles. The van der Waals surface area contributed by atoms with Crippen molar-refractivity contribution in [1.82, 2.24) is 4.98 Å². The number of nitrogens with zero attached hydrogens (tertiary/aromatic N) is 1. The first kappa shape index (κ1) is 10.9. The van der Waals surface area contributed by atoms with Crippen molar-refractivity contribution >= 4 is 5.78 Å². The van der Waals surface area contributed by atoms with E-state index in [1.165, 1.54) is 0 Å². The van der Waals surface area contributed by atoms with Crippen LogP contribution in [0.4, 0.5) is 0 Å². The Labute approximate surface area is 83.5 Å². The molecule has 0 aromatic carbocycles. The highest BCUT2D eigenvalue weighted by Crippen LogP contribution is 2.15. The summed E-state index contributed by atoms with van der Waals surface area (Å²) in [5.41, 5.74) is 5.87. The van der Waals surface area contributed by atoms with Gasteiger partial charge in [-0.05, 0) is 20.8 Å². The smallest absolute Gasteiger partial charge is 0.201 e. The number of nitrogens with two attached hydrogens (primary N) is 1. The molecule has 0 radical (unpaired) electrons. The Hall–Kier alpha value is -1.16. The molecule has 0 atom stereocenters. The van der Waals surface area contributed by atoms with Crippen LogP contribution in [0.2, 0.25) is 0 Å². The molecule has 4 nitrogen and oxygen atoms in total. The summed E-state index contributed by atoms with van der Waals surface area (Å²) >= 11 is 0. The summed E-state index contributed by atoms with van der Waals surface area (Å²) in [6.45, 7) is 7.09. The predicted molar refractivity (Wildman–Crippen MR) is 53.2 cm³/mol. The molecule has 0 aliphatic rings. The molecule has 0 amide bonds. The van der Waals surface area contributed by atoms with Gasteiger partial charge < -0.3 is 10.2 Å². The highest BCUT2D eigenvalue weighted by atomic mass is 16.4. The van der Waals surface area contributed by atoms with Crippen molar-refractivity contribution in [3.63, 3.8) is 0 Å². The lowest BCUT2D eigenvalue weighted by atomic mass is 9.98. The second-order valence-corrected chi connectivity index (χ2v) is 4.24. The number of aryl methyl sites for hydroxylation is 2. The summed E-state index contributed by atoms with van der Waals surface area (Å²) in [5.74, 6) is 0.761. The van der Waals surface area contributed by atoms with Crippen LogP contribution in [-0.4, -0.2) is 16.3 Å². The second kappa shape index (κ2) is 3.53. The van der Waals surface area contributed by atoms with E-state index in [1.807, 2.05) is 13.8 Å².